The Balaban J connectivity index is 1.75. The van der Waals surface area contributed by atoms with Crippen molar-refractivity contribution in [1.29, 1.82) is 0 Å². The van der Waals surface area contributed by atoms with Crippen molar-refractivity contribution < 1.29 is 14.4 Å². The quantitative estimate of drug-likeness (QED) is 0.660. The first-order valence-corrected chi connectivity index (χ1v) is 9.03. The Morgan fingerprint density at radius 1 is 1.36 bits per heavy atom. The molecule has 1 aliphatic heterocycles. The summed E-state index contributed by atoms with van der Waals surface area (Å²) in [6.07, 6.45) is 1.71. The number of piperidine rings is 1. The van der Waals surface area contributed by atoms with Crippen molar-refractivity contribution in [1.82, 2.24) is 14.3 Å². The Morgan fingerprint density at radius 3 is 2.68 bits per heavy atom. The number of benzene rings is 1. The summed E-state index contributed by atoms with van der Waals surface area (Å²) in [6.45, 7) is 4.67. The predicted molar refractivity (Wildman–Crippen MR) is 97.6 cm³/mol. The van der Waals surface area contributed by atoms with E-state index in [-0.39, 0.29) is 11.9 Å². The number of likely N-dealkylation sites (tertiary alicyclic amines) is 1. The van der Waals surface area contributed by atoms with Crippen LogP contribution in [0.15, 0.2) is 24.3 Å². The number of nitrogens with zero attached hydrogens (tertiary/aromatic N) is 3. The van der Waals surface area contributed by atoms with Crippen molar-refractivity contribution in [2.75, 3.05) is 20.2 Å². The molecule has 1 saturated heterocycles. The van der Waals surface area contributed by atoms with Crippen LogP contribution in [0.5, 0.6) is 0 Å². The number of aromatic nitrogens is 3. The maximum absolute atomic E-state index is 11.7. The van der Waals surface area contributed by atoms with Gasteiger partial charge in [-0.05, 0) is 24.7 Å². The summed E-state index contributed by atoms with van der Waals surface area (Å²) in [5, 5.41) is 4.77. The lowest BCUT2D eigenvalue weighted by molar-refractivity contribution is -0.929. The van der Waals surface area contributed by atoms with Crippen LogP contribution in [0.25, 0.3) is 11.4 Å². The van der Waals surface area contributed by atoms with Crippen LogP contribution in [0.2, 0.25) is 0 Å². The van der Waals surface area contributed by atoms with Gasteiger partial charge in [-0.1, -0.05) is 24.3 Å². The Kier molecular flexibility index (Phi) is 5.34. The Morgan fingerprint density at radius 2 is 2.04 bits per heavy atom. The van der Waals surface area contributed by atoms with E-state index >= 15 is 0 Å². The number of ether oxygens (including phenoxy) is 1. The second-order valence-corrected chi connectivity index (χ2v) is 7.05. The normalized spacial score (nSPS) is 20.4. The minimum atomic E-state index is -0.0877. The maximum Gasteiger partial charge on any atom is 0.309 e. The van der Waals surface area contributed by atoms with Gasteiger partial charge >= 0.3 is 5.97 Å². The van der Waals surface area contributed by atoms with E-state index in [0.29, 0.717) is 0 Å². The molecule has 0 amide bonds. The van der Waals surface area contributed by atoms with E-state index in [9.17, 15) is 4.79 Å². The molecule has 2 heterocycles. The van der Waals surface area contributed by atoms with E-state index in [4.69, 9.17) is 22.1 Å². The molecule has 0 saturated carbocycles. The third kappa shape index (κ3) is 3.67. The number of nitrogens with one attached hydrogen (secondary N) is 1. The summed E-state index contributed by atoms with van der Waals surface area (Å²) in [5.74, 6) is 0.843. The molecule has 0 unspecified atom stereocenters. The Bertz CT molecular complexity index is 819. The van der Waals surface area contributed by atoms with Gasteiger partial charge in [-0.2, -0.15) is 4.68 Å². The van der Waals surface area contributed by atoms with Crippen molar-refractivity contribution >= 4 is 18.2 Å². The molecule has 1 aliphatic rings. The van der Waals surface area contributed by atoms with Crippen molar-refractivity contribution in [3.8, 4) is 11.4 Å². The van der Waals surface area contributed by atoms with E-state index in [1.165, 1.54) is 17.6 Å². The molecule has 0 radical (unpaired) electrons. The molecular formula is C18H25N4O2S+. The van der Waals surface area contributed by atoms with E-state index in [0.717, 1.165) is 48.8 Å². The van der Waals surface area contributed by atoms with Gasteiger partial charge in [0.2, 0.25) is 4.77 Å². The van der Waals surface area contributed by atoms with Gasteiger partial charge in [-0.25, -0.2) is 0 Å². The second-order valence-electron chi connectivity index (χ2n) is 6.69. The molecule has 1 fully saturated rings. The molecule has 134 valence electrons. The molecule has 1 aromatic heterocycles. The van der Waals surface area contributed by atoms with E-state index in [2.05, 4.69) is 19.1 Å². The topological polar surface area (TPSA) is 53.5 Å². The van der Waals surface area contributed by atoms with Gasteiger partial charge in [0, 0.05) is 25.5 Å². The van der Waals surface area contributed by atoms with Crippen molar-refractivity contribution in [3.05, 3.63) is 34.6 Å². The molecule has 6 nitrogen and oxygen atoms in total. The average molecular weight is 361 g/mol. The standard InChI is InChI=1S/C18H24N4O2S/c1-13-6-4-5-7-15(13)16-19-22(18(25)20(16)2)12-21-10-8-14(9-11-21)17(23)24-3/h4-7,14H,8-12H2,1-3H3/p+1. The minimum absolute atomic E-state index is 0.0352. The number of carbonyl (C=O) groups excluding carboxylic acids is 1. The number of hydrogen-bond donors (Lipinski definition) is 1. The maximum atomic E-state index is 11.7. The van der Waals surface area contributed by atoms with Gasteiger partial charge in [0.05, 0.1) is 26.1 Å². The van der Waals surface area contributed by atoms with E-state index < -0.39 is 0 Å². The molecule has 0 aliphatic carbocycles. The lowest BCUT2D eigenvalue weighted by Gasteiger charge is -2.27. The molecule has 7 heteroatoms. The number of esters is 1. The summed E-state index contributed by atoms with van der Waals surface area (Å²) in [4.78, 5) is 13.0. The van der Waals surface area contributed by atoms with Crippen LogP contribution < -0.4 is 4.90 Å². The van der Waals surface area contributed by atoms with Gasteiger partial charge in [0.15, 0.2) is 12.5 Å². The van der Waals surface area contributed by atoms with Crippen LogP contribution in [0.1, 0.15) is 18.4 Å². The van der Waals surface area contributed by atoms with Gasteiger partial charge in [-0.15, -0.1) is 5.10 Å². The molecule has 25 heavy (non-hydrogen) atoms. The van der Waals surface area contributed by atoms with Crippen LogP contribution in [-0.4, -0.2) is 40.5 Å². The number of carbonyl (C=O) groups is 1. The number of aryl methyl sites for hydroxylation is 1. The third-order valence-electron chi connectivity index (χ3n) is 5.03. The summed E-state index contributed by atoms with van der Waals surface area (Å²) in [5.41, 5.74) is 2.29. The van der Waals surface area contributed by atoms with E-state index in [1.807, 2.05) is 28.4 Å². The van der Waals surface area contributed by atoms with Gasteiger partial charge in [0.1, 0.15) is 0 Å². The zero-order valence-electron chi connectivity index (χ0n) is 15.0. The molecule has 2 aromatic rings. The fourth-order valence-corrected chi connectivity index (χ4v) is 3.64. The minimum Gasteiger partial charge on any atom is -0.469 e. The zero-order chi connectivity index (χ0) is 18.0. The monoisotopic (exact) mass is 361 g/mol. The predicted octanol–water partition coefficient (Wildman–Crippen LogP) is 1.35. The highest BCUT2D eigenvalue weighted by Crippen LogP contribution is 2.21. The number of hydrogen-bond acceptors (Lipinski definition) is 4. The number of methoxy groups -OCH3 is 1. The van der Waals surface area contributed by atoms with Crippen LogP contribution >= 0.6 is 12.2 Å². The summed E-state index contributed by atoms with van der Waals surface area (Å²) in [6, 6.07) is 8.21. The van der Waals surface area contributed by atoms with Crippen LogP contribution in [-0.2, 0) is 23.2 Å². The van der Waals surface area contributed by atoms with Crippen LogP contribution in [0.3, 0.4) is 0 Å². The number of quaternary nitrogens is 1. The SMILES string of the molecule is COC(=O)C1CC[NH+](Cn2nc(-c3ccccc3C)n(C)c2=S)CC1. The molecule has 0 bridgehead atoms. The third-order valence-corrected chi connectivity index (χ3v) is 5.51. The van der Waals surface area contributed by atoms with Gasteiger partial charge in [0.25, 0.3) is 0 Å². The Labute approximate surface area is 153 Å². The van der Waals surface area contributed by atoms with Crippen molar-refractivity contribution in [2.24, 2.45) is 13.0 Å². The highest BCUT2D eigenvalue weighted by molar-refractivity contribution is 7.71. The average Bonchev–Trinajstić information content (AvgIpc) is 2.90. The lowest BCUT2D eigenvalue weighted by atomic mass is 9.97. The molecule has 1 N–H and O–H groups in total. The van der Waals surface area contributed by atoms with Gasteiger partial charge < -0.3 is 14.2 Å². The van der Waals surface area contributed by atoms with Crippen molar-refractivity contribution in [3.63, 3.8) is 0 Å². The van der Waals surface area contributed by atoms with Crippen LogP contribution in [0.4, 0.5) is 0 Å². The second kappa shape index (κ2) is 7.49. The fourth-order valence-electron chi connectivity index (χ4n) is 3.45. The molecule has 1 aromatic carbocycles. The van der Waals surface area contributed by atoms with Gasteiger partial charge in [-0.3, -0.25) is 4.79 Å². The summed E-state index contributed by atoms with van der Waals surface area (Å²) in [7, 11) is 3.42. The van der Waals surface area contributed by atoms with E-state index in [1.54, 1.807) is 0 Å². The lowest BCUT2D eigenvalue weighted by Crippen LogP contribution is -3.12. The smallest absolute Gasteiger partial charge is 0.309 e. The largest absolute Gasteiger partial charge is 0.469 e. The first-order valence-electron chi connectivity index (χ1n) is 8.62. The molecule has 3 rings (SSSR count). The molecule has 0 spiro atoms. The summed E-state index contributed by atoms with van der Waals surface area (Å²) >= 11 is 5.59. The highest BCUT2D eigenvalue weighted by Gasteiger charge is 2.28. The first kappa shape index (κ1) is 17.8. The highest BCUT2D eigenvalue weighted by atomic mass is 32.1. The Hall–Kier alpha value is -1.99. The molecule has 0 atom stereocenters. The summed E-state index contributed by atoms with van der Waals surface area (Å²) < 4.78 is 9.46. The number of rotatable bonds is 4. The van der Waals surface area contributed by atoms with Crippen molar-refractivity contribution in [2.45, 2.75) is 26.4 Å². The fraction of sp³-hybridized carbons (Fsp3) is 0.500. The van der Waals surface area contributed by atoms with Crippen LogP contribution in [0, 0.1) is 17.6 Å². The first-order chi connectivity index (χ1) is 12.0. The molecular weight excluding hydrogens is 336 g/mol. The zero-order valence-corrected chi connectivity index (χ0v) is 15.8.